The number of benzene rings is 2. The van der Waals surface area contributed by atoms with E-state index in [1.165, 1.54) is 0 Å². The largest absolute Gasteiger partial charge is 0.494 e. The van der Waals surface area contributed by atoms with Gasteiger partial charge in [-0.2, -0.15) is 0 Å². The zero-order valence-corrected chi connectivity index (χ0v) is 21.8. The molecule has 1 saturated carbocycles. The molecule has 11 heteroatoms. The van der Waals surface area contributed by atoms with Crippen LogP contribution in [0, 0.1) is 13.8 Å². The van der Waals surface area contributed by atoms with E-state index < -0.39 is 10.0 Å². The summed E-state index contributed by atoms with van der Waals surface area (Å²) >= 11 is 0. The van der Waals surface area contributed by atoms with Crippen molar-refractivity contribution < 1.29 is 22.4 Å². The second-order valence-electron chi connectivity index (χ2n) is 9.08. The van der Waals surface area contributed by atoms with Gasteiger partial charge in [0.15, 0.2) is 0 Å². The first-order chi connectivity index (χ1) is 17.9. The van der Waals surface area contributed by atoms with Crippen molar-refractivity contribution in [1.29, 1.82) is 0 Å². The summed E-state index contributed by atoms with van der Waals surface area (Å²) in [6, 6.07) is 12.5. The van der Waals surface area contributed by atoms with E-state index >= 15 is 0 Å². The summed E-state index contributed by atoms with van der Waals surface area (Å²) < 4.78 is 48.2. The average molecular weight is 524 g/mol. The second-order valence-corrected chi connectivity index (χ2v) is 10.8. The number of aryl methyl sites for hydroxylation is 2. The zero-order chi connectivity index (χ0) is 26.0. The van der Waals surface area contributed by atoms with Crippen LogP contribution in [0.25, 0.3) is 16.8 Å². The lowest BCUT2D eigenvalue weighted by molar-refractivity contribution is 0.293. The number of hydrogen-bond acceptors (Lipinski definition) is 8. The molecule has 0 bridgehead atoms. The van der Waals surface area contributed by atoms with E-state index in [9.17, 15) is 8.42 Å². The van der Waals surface area contributed by atoms with E-state index in [1.54, 1.807) is 37.0 Å². The Morgan fingerprint density at radius 3 is 2.62 bits per heavy atom. The van der Waals surface area contributed by atoms with Crippen LogP contribution >= 0.6 is 0 Å². The quantitative estimate of drug-likeness (QED) is 0.344. The van der Waals surface area contributed by atoms with Gasteiger partial charge in [0.05, 0.1) is 19.0 Å². The van der Waals surface area contributed by atoms with Crippen molar-refractivity contribution in [3.8, 4) is 28.3 Å². The van der Waals surface area contributed by atoms with Gasteiger partial charge in [-0.25, -0.2) is 17.8 Å². The average Bonchev–Trinajstić information content (AvgIpc) is 3.65. The van der Waals surface area contributed by atoms with Crippen LogP contribution in [-0.4, -0.2) is 41.7 Å². The molecule has 0 aliphatic heterocycles. The zero-order valence-electron chi connectivity index (χ0n) is 21.0. The number of nitrogens with one attached hydrogen (secondary N) is 1. The van der Waals surface area contributed by atoms with Gasteiger partial charge in [0.1, 0.15) is 40.1 Å². The van der Waals surface area contributed by atoms with Crippen molar-refractivity contribution in [3.63, 3.8) is 0 Å². The van der Waals surface area contributed by atoms with Crippen LogP contribution in [0.5, 0.6) is 11.5 Å². The summed E-state index contributed by atoms with van der Waals surface area (Å²) in [5.74, 6) is 1.50. The maximum absolute atomic E-state index is 13.5. The fourth-order valence-corrected chi connectivity index (χ4v) is 6.14. The van der Waals surface area contributed by atoms with E-state index in [4.69, 9.17) is 14.0 Å². The summed E-state index contributed by atoms with van der Waals surface area (Å²) in [7, 11) is -2.26. The van der Waals surface area contributed by atoms with Gasteiger partial charge < -0.3 is 14.0 Å². The van der Waals surface area contributed by atoms with Crippen molar-refractivity contribution in [1.82, 2.24) is 24.9 Å². The molecule has 0 amide bonds. The topological polar surface area (TPSA) is 121 Å². The molecule has 2 heterocycles. The molecule has 0 radical (unpaired) electrons. The van der Waals surface area contributed by atoms with Crippen LogP contribution in [0.1, 0.15) is 42.8 Å². The van der Waals surface area contributed by atoms with Crippen molar-refractivity contribution in [2.24, 2.45) is 0 Å². The number of ether oxygens (including phenoxy) is 2. The Hall–Kier alpha value is -3.70. The number of sulfonamides is 1. The first-order valence-electron chi connectivity index (χ1n) is 12.1. The maximum Gasteiger partial charge on any atom is 0.244 e. The monoisotopic (exact) mass is 523 g/mol. The van der Waals surface area contributed by atoms with Gasteiger partial charge in [-0.05, 0) is 56.5 Å². The van der Waals surface area contributed by atoms with Crippen molar-refractivity contribution in [2.75, 3.05) is 7.11 Å². The number of aromatic nitrogens is 4. The van der Waals surface area contributed by atoms with Gasteiger partial charge in [0.25, 0.3) is 0 Å². The fraction of sp³-hybridized carbons (Fsp3) is 0.346. The summed E-state index contributed by atoms with van der Waals surface area (Å²) in [5.41, 5.74) is 3.41. The molecule has 1 aliphatic carbocycles. The molecule has 194 valence electrons. The predicted molar refractivity (Wildman–Crippen MR) is 136 cm³/mol. The van der Waals surface area contributed by atoms with Crippen LogP contribution in [-0.2, 0) is 16.6 Å². The van der Waals surface area contributed by atoms with Crippen molar-refractivity contribution in [3.05, 3.63) is 65.8 Å². The molecule has 5 rings (SSSR count). The lowest BCUT2D eigenvalue weighted by Crippen LogP contribution is -2.33. The molecule has 0 spiro atoms. The Kier molecular flexibility index (Phi) is 6.98. The number of nitrogens with zero attached hydrogens (tertiary/aromatic N) is 4. The Labute approximate surface area is 215 Å². The highest BCUT2D eigenvalue weighted by Gasteiger charge is 2.27. The molecular weight excluding hydrogens is 494 g/mol. The smallest absolute Gasteiger partial charge is 0.244 e. The maximum atomic E-state index is 13.5. The minimum atomic E-state index is -3.85. The molecule has 1 N–H and O–H groups in total. The lowest BCUT2D eigenvalue weighted by atomic mass is 10.0. The molecule has 2 aromatic heterocycles. The van der Waals surface area contributed by atoms with Gasteiger partial charge in [-0.3, -0.25) is 0 Å². The number of para-hydroxylation sites is 2. The van der Waals surface area contributed by atoms with E-state index in [-0.39, 0.29) is 23.3 Å². The van der Waals surface area contributed by atoms with Gasteiger partial charge in [0.2, 0.25) is 10.0 Å². The minimum Gasteiger partial charge on any atom is -0.494 e. The molecule has 37 heavy (non-hydrogen) atoms. The Morgan fingerprint density at radius 2 is 1.89 bits per heavy atom. The Morgan fingerprint density at radius 1 is 1.11 bits per heavy atom. The molecule has 0 unspecified atom stereocenters. The van der Waals surface area contributed by atoms with Gasteiger partial charge in [-0.1, -0.05) is 41.4 Å². The van der Waals surface area contributed by atoms with E-state index in [0.29, 0.717) is 28.5 Å². The number of hydrogen-bond donors (Lipinski definition) is 1. The SMILES string of the molecule is COc1ccccc1-n1cc(COc2ccc(-c3c(C)noc3C)cc2S(=O)(=O)NC2CCCC2)nn1. The summed E-state index contributed by atoms with van der Waals surface area (Å²) in [6.07, 6.45) is 5.39. The summed E-state index contributed by atoms with van der Waals surface area (Å²) in [6.45, 7) is 3.66. The fourth-order valence-electron chi connectivity index (χ4n) is 4.67. The van der Waals surface area contributed by atoms with Crippen LogP contribution in [0.4, 0.5) is 0 Å². The van der Waals surface area contributed by atoms with Gasteiger partial charge >= 0.3 is 0 Å². The van der Waals surface area contributed by atoms with Crippen LogP contribution in [0.15, 0.2) is 58.1 Å². The molecule has 2 aromatic carbocycles. The van der Waals surface area contributed by atoms with E-state index in [1.807, 2.05) is 37.3 Å². The van der Waals surface area contributed by atoms with Crippen LogP contribution in [0.2, 0.25) is 0 Å². The third-order valence-corrected chi connectivity index (χ3v) is 8.02. The number of methoxy groups -OCH3 is 1. The molecule has 1 fully saturated rings. The van der Waals surface area contributed by atoms with Crippen molar-refractivity contribution >= 4 is 10.0 Å². The van der Waals surface area contributed by atoms with Gasteiger partial charge in [-0.15, -0.1) is 5.10 Å². The highest BCUT2D eigenvalue weighted by Crippen LogP contribution is 2.34. The Balaban J connectivity index is 1.44. The van der Waals surface area contributed by atoms with E-state index in [2.05, 4.69) is 20.2 Å². The first kappa shape index (κ1) is 25.0. The third kappa shape index (κ3) is 5.23. The first-order valence-corrected chi connectivity index (χ1v) is 13.6. The Bertz CT molecular complexity index is 1490. The lowest BCUT2D eigenvalue weighted by Gasteiger charge is -2.16. The third-order valence-electron chi connectivity index (χ3n) is 6.48. The number of rotatable bonds is 9. The normalized spacial score (nSPS) is 14.2. The standard InChI is InChI=1S/C26H29N5O5S/c1-17-26(18(2)36-28-17)19-12-13-24(25(14-19)37(32,33)29-20-8-4-5-9-20)35-16-21-15-31(30-27-21)22-10-6-7-11-23(22)34-3/h6-7,10-15,20,29H,4-5,8-9,16H2,1-3H3. The van der Waals surface area contributed by atoms with E-state index in [0.717, 1.165) is 36.9 Å². The summed E-state index contributed by atoms with van der Waals surface area (Å²) in [4.78, 5) is 0.0639. The molecular formula is C26H29N5O5S. The summed E-state index contributed by atoms with van der Waals surface area (Å²) in [5, 5.41) is 12.4. The predicted octanol–water partition coefficient (Wildman–Crippen LogP) is 4.35. The molecule has 4 aromatic rings. The minimum absolute atomic E-state index is 0.0335. The van der Waals surface area contributed by atoms with Crippen molar-refractivity contribution in [2.45, 2.75) is 57.1 Å². The van der Waals surface area contributed by atoms with Gasteiger partial charge in [0, 0.05) is 11.6 Å². The highest BCUT2D eigenvalue weighted by atomic mass is 32.2. The van der Waals surface area contributed by atoms with Crippen LogP contribution in [0.3, 0.4) is 0 Å². The second kappa shape index (κ2) is 10.3. The molecule has 0 saturated heterocycles. The molecule has 10 nitrogen and oxygen atoms in total. The van der Waals surface area contributed by atoms with Crippen LogP contribution < -0.4 is 14.2 Å². The highest BCUT2D eigenvalue weighted by molar-refractivity contribution is 7.89. The molecule has 1 aliphatic rings. The molecule has 0 atom stereocenters.